The maximum atomic E-state index is 14.6. The Morgan fingerprint density at radius 1 is 1.25 bits per heavy atom. The largest absolute Gasteiger partial charge is 0.301 e. The molecule has 0 bridgehead atoms. The van der Waals surface area contributed by atoms with Crippen LogP contribution in [0.4, 0.5) is 14.5 Å². The lowest BCUT2D eigenvalue weighted by Crippen LogP contribution is -2.27. The molecule has 3 aromatic rings. The van der Waals surface area contributed by atoms with Crippen molar-refractivity contribution in [3.8, 4) is 11.3 Å². The number of hydrogen-bond acceptors (Lipinski definition) is 4. The fraction of sp³-hybridized carbons (Fsp3) is 0.0625. The van der Waals surface area contributed by atoms with E-state index in [-0.39, 0.29) is 17.7 Å². The minimum Gasteiger partial charge on any atom is -0.301 e. The molecule has 24 heavy (non-hydrogen) atoms. The molecule has 0 saturated heterocycles. The van der Waals surface area contributed by atoms with E-state index in [1.807, 2.05) is 0 Å². The molecule has 0 unspecified atom stereocenters. The first-order valence-corrected chi connectivity index (χ1v) is 6.90. The van der Waals surface area contributed by atoms with Gasteiger partial charge in [0.05, 0.1) is 31.2 Å². The Labute approximate surface area is 136 Å². The smallest absolute Gasteiger partial charge is 0.257 e. The quantitative estimate of drug-likeness (QED) is 0.578. The Morgan fingerprint density at radius 2 is 2.12 bits per heavy atom. The van der Waals surface area contributed by atoms with Crippen molar-refractivity contribution in [2.75, 3.05) is 0 Å². The van der Waals surface area contributed by atoms with E-state index in [2.05, 4.69) is 20.4 Å². The van der Waals surface area contributed by atoms with E-state index in [9.17, 15) is 8.78 Å². The monoisotopic (exact) mass is 327 g/mol. The van der Waals surface area contributed by atoms with Crippen molar-refractivity contribution in [2.24, 2.45) is 0 Å². The molecule has 0 radical (unpaired) electrons. The minimum atomic E-state index is -0.945. The number of hydroxylamine groups is 1. The maximum Gasteiger partial charge on any atom is 0.257 e. The fourth-order valence-corrected chi connectivity index (χ4v) is 2.17. The molecule has 120 valence electrons. The van der Waals surface area contributed by atoms with Gasteiger partial charge in [-0.25, -0.2) is 13.6 Å². The lowest BCUT2D eigenvalue weighted by Gasteiger charge is -2.13. The van der Waals surface area contributed by atoms with Crippen molar-refractivity contribution < 1.29 is 13.7 Å². The van der Waals surface area contributed by atoms with E-state index in [1.165, 1.54) is 12.4 Å². The van der Waals surface area contributed by atoms with E-state index >= 15 is 0 Å². The number of pyridine rings is 1. The van der Waals surface area contributed by atoms with Gasteiger partial charge in [0.1, 0.15) is 11.6 Å². The summed E-state index contributed by atoms with van der Waals surface area (Å²) in [5.74, 6) is -1.88. The van der Waals surface area contributed by atoms with Crippen LogP contribution in [0.25, 0.3) is 16.1 Å². The van der Waals surface area contributed by atoms with Crippen LogP contribution >= 0.6 is 0 Å². The van der Waals surface area contributed by atoms with Crippen LogP contribution in [-0.4, -0.2) is 14.9 Å². The topological polar surface area (TPSA) is 56.3 Å². The van der Waals surface area contributed by atoms with Crippen molar-refractivity contribution >= 4 is 5.69 Å². The van der Waals surface area contributed by atoms with Gasteiger partial charge in [-0.3, -0.25) is 4.98 Å². The molecule has 6 nitrogen and oxygen atoms in total. The van der Waals surface area contributed by atoms with Crippen molar-refractivity contribution in [2.45, 2.75) is 6.54 Å². The first-order chi connectivity index (χ1) is 11.7. The predicted molar refractivity (Wildman–Crippen MR) is 81.5 cm³/mol. The summed E-state index contributed by atoms with van der Waals surface area (Å²) in [5, 5.41) is 3.82. The van der Waals surface area contributed by atoms with Gasteiger partial charge < -0.3 is 4.94 Å². The van der Waals surface area contributed by atoms with Gasteiger partial charge in [-0.1, -0.05) is 10.9 Å². The summed E-state index contributed by atoms with van der Waals surface area (Å²) in [6, 6.07) is 7.70. The summed E-state index contributed by atoms with van der Waals surface area (Å²) >= 11 is 0. The molecule has 0 aliphatic rings. The summed E-state index contributed by atoms with van der Waals surface area (Å²) in [5.41, 5.74) is 2.53. The Hall–Kier alpha value is -3.31. The SMILES string of the molecule is [C-]#[N+]c1c(F)cc(CNOn2cccn2)c(-c2ccccn2)c1F. The van der Waals surface area contributed by atoms with Gasteiger partial charge in [0.25, 0.3) is 5.69 Å². The molecule has 3 rings (SSSR count). The van der Waals surface area contributed by atoms with Gasteiger partial charge in [-0.05, 0) is 29.8 Å². The van der Waals surface area contributed by atoms with E-state index in [4.69, 9.17) is 11.5 Å². The number of hydrogen-bond donors (Lipinski definition) is 1. The van der Waals surface area contributed by atoms with E-state index in [0.717, 1.165) is 10.9 Å². The van der Waals surface area contributed by atoms with Crippen LogP contribution in [0.15, 0.2) is 48.9 Å². The second-order valence-electron chi connectivity index (χ2n) is 4.70. The molecule has 0 aliphatic heterocycles. The van der Waals surface area contributed by atoms with Crippen LogP contribution in [-0.2, 0) is 6.54 Å². The molecule has 0 spiro atoms. The van der Waals surface area contributed by atoms with Crippen LogP contribution in [0.1, 0.15) is 5.56 Å². The van der Waals surface area contributed by atoms with E-state index in [1.54, 1.807) is 30.5 Å². The number of rotatable bonds is 5. The summed E-state index contributed by atoms with van der Waals surface area (Å²) in [6.45, 7) is 6.94. The minimum absolute atomic E-state index is 0.0160. The molecule has 0 aliphatic carbocycles. The van der Waals surface area contributed by atoms with Gasteiger partial charge in [-0.2, -0.15) is 0 Å². The summed E-state index contributed by atoms with van der Waals surface area (Å²) in [7, 11) is 0. The van der Waals surface area contributed by atoms with E-state index < -0.39 is 17.3 Å². The third kappa shape index (κ3) is 3.06. The van der Waals surface area contributed by atoms with Crippen molar-refractivity contribution in [1.82, 2.24) is 20.4 Å². The molecule has 0 amide bonds. The highest BCUT2D eigenvalue weighted by atomic mass is 19.1. The highest BCUT2D eigenvalue weighted by Crippen LogP contribution is 2.34. The summed E-state index contributed by atoms with van der Waals surface area (Å²) < 4.78 is 28.5. The Balaban J connectivity index is 1.96. The van der Waals surface area contributed by atoms with Gasteiger partial charge in [0.2, 0.25) is 0 Å². The zero-order valence-electron chi connectivity index (χ0n) is 12.3. The number of aromatic nitrogens is 3. The normalized spacial score (nSPS) is 10.4. The zero-order valence-corrected chi connectivity index (χ0v) is 12.3. The van der Waals surface area contributed by atoms with Gasteiger partial charge >= 0.3 is 0 Å². The molecule has 8 heteroatoms. The van der Waals surface area contributed by atoms with Gasteiger partial charge in [0.15, 0.2) is 0 Å². The van der Waals surface area contributed by atoms with Crippen molar-refractivity contribution in [3.05, 3.63) is 77.5 Å². The zero-order chi connectivity index (χ0) is 16.9. The van der Waals surface area contributed by atoms with E-state index in [0.29, 0.717) is 5.69 Å². The molecule has 0 saturated carbocycles. The van der Waals surface area contributed by atoms with Crippen molar-refractivity contribution in [1.29, 1.82) is 0 Å². The summed E-state index contributed by atoms with van der Waals surface area (Å²) in [6.07, 6.45) is 4.56. The highest BCUT2D eigenvalue weighted by molar-refractivity contribution is 5.71. The molecule has 1 aromatic carbocycles. The molecule has 1 N–H and O–H groups in total. The first kappa shape index (κ1) is 15.6. The van der Waals surface area contributed by atoms with Gasteiger partial charge in [-0.15, -0.1) is 10.6 Å². The van der Waals surface area contributed by atoms with Gasteiger partial charge in [0, 0.05) is 11.8 Å². The molecule has 2 heterocycles. The standard InChI is InChI=1S/C16H11F2N5O/c1-19-16-12(17)9-11(10-22-24-23-8-4-7-21-23)14(15(16)18)13-5-2-3-6-20-13/h2-9,22H,10H2. The number of nitrogens with one attached hydrogen (secondary N) is 1. The van der Waals surface area contributed by atoms with Crippen LogP contribution < -0.4 is 10.4 Å². The van der Waals surface area contributed by atoms with Crippen molar-refractivity contribution in [3.63, 3.8) is 0 Å². The second-order valence-corrected chi connectivity index (χ2v) is 4.70. The van der Waals surface area contributed by atoms with Crippen LogP contribution in [0.2, 0.25) is 0 Å². The highest BCUT2D eigenvalue weighted by Gasteiger charge is 2.20. The second kappa shape index (κ2) is 6.85. The Bertz CT molecular complexity index is 876. The number of nitrogens with zero attached hydrogens (tertiary/aromatic N) is 4. The van der Waals surface area contributed by atoms with Crippen LogP contribution in [0.5, 0.6) is 0 Å². The lowest BCUT2D eigenvalue weighted by atomic mass is 10.0. The third-order valence-corrected chi connectivity index (χ3v) is 3.21. The maximum absolute atomic E-state index is 14.6. The predicted octanol–water partition coefficient (Wildman–Crippen LogP) is 2.91. The molecule has 2 aromatic heterocycles. The lowest BCUT2D eigenvalue weighted by molar-refractivity contribution is -0.000777. The molecule has 0 fully saturated rings. The molecular formula is C16H11F2N5O. The molecular weight excluding hydrogens is 316 g/mol. The fourth-order valence-electron chi connectivity index (χ4n) is 2.17. The first-order valence-electron chi connectivity index (χ1n) is 6.90. The molecule has 0 atom stereocenters. The average molecular weight is 327 g/mol. The van der Waals surface area contributed by atoms with Crippen LogP contribution in [0, 0.1) is 18.2 Å². The number of halogens is 2. The Morgan fingerprint density at radius 3 is 2.79 bits per heavy atom. The summed E-state index contributed by atoms with van der Waals surface area (Å²) in [4.78, 5) is 13.3. The van der Waals surface area contributed by atoms with Crippen LogP contribution in [0.3, 0.4) is 0 Å². The number of benzene rings is 1. The Kier molecular flexibility index (Phi) is 4.45. The third-order valence-electron chi connectivity index (χ3n) is 3.21. The average Bonchev–Trinajstić information content (AvgIpc) is 3.09.